The van der Waals surface area contributed by atoms with E-state index in [0.717, 1.165) is 43.7 Å². The SMILES string of the molecule is COc1cc2c(cc1CNC(=O)N1CCC(N(C)C)C1)CCC2.O=CO. The Labute approximate surface area is 154 Å². The quantitative estimate of drug-likeness (QED) is 0.796. The van der Waals surface area contributed by atoms with Gasteiger partial charge in [-0.2, -0.15) is 0 Å². The molecule has 2 N–H and O–H groups in total. The Morgan fingerprint density at radius 1 is 1.38 bits per heavy atom. The normalized spacial score (nSPS) is 18.2. The Hall–Kier alpha value is -2.28. The highest BCUT2D eigenvalue weighted by Gasteiger charge is 2.27. The second-order valence-electron chi connectivity index (χ2n) is 6.90. The van der Waals surface area contributed by atoms with Crippen molar-refractivity contribution in [1.29, 1.82) is 0 Å². The summed E-state index contributed by atoms with van der Waals surface area (Å²) in [5.41, 5.74) is 3.87. The number of amides is 2. The van der Waals surface area contributed by atoms with Crippen LogP contribution in [0.5, 0.6) is 5.75 Å². The van der Waals surface area contributed by atoms with Crippen LogP contribution in [0.3, 0.4) is 0 Å². The fraction of sp³-hybridized carbons (Fsp3) is 0.579. The Balaban J connectivity index is 0.000000758. The lowest BCUT2D eigenvalue weighted by atomic mass is 10.1. The van der Waals surface area contributed by atoms with Gasteiger partial charge in [0.1, 0.15) is 5.75 Å². The summed E-state index contributed by atoms with van der Waals surface area (Å²) in [6.45, 7) is 1.91. The minimum atomic E-state index is -0.250. The summed E-state index contributed by atoms with van der Waals surface area (Å²) in [5.74, 6) is 0.888. The van der Waals surface area contributed by atoms with Crippen molar-refractivity contribution >= 4 is 12.5 Å². The van der Waals surface area contributed by atoms with Crippen molar-refractivity contribution in [3.8, 4) is 5.75 Å². The van der Waals surface area contributed by atoms with Crippen molar-refractivity contribution in [3.05, 3.63) is 28.8 Å². The number of urea groups is 1. The van der Waals surface area contributed by atoms with Gasteiger partial charge in [-0.05, 0) is 57.0 Å². The molecule has 2 amide bonds. The molecule has 2 aliphatic rings. The minimum absolute atomic E-state index is 0.0249. The zero-order valence-corrected chi connectivity index (χ0v) is 15.8. The first-order valence-corrected chi connectivity index (χ1v) is 8.95. The predicted octanol–water partition coefficient (Wildman–Crippen LogP) is 1.73. The minimum Gasteiger partial charge on any atom is -0.496 e. The van der Waals surface area contributed by atoms with E-state index in [1.807, 2.05) is 4.90 Å². The highest BCUT2D eigenvalue weighted by molar-refractivity contribution is 5.74. The highest BCUT2D eigenvalue weighted by Crippen LogP contribution is 2.29. The summed E-state index contributed by atoms with van der Waals surface area (Å²) in [5, 5.41) is 9.94. The van der Waals surface area contributed by atoms with Crippen LogP contribution in [0.15, 0.2) is 12.1 Å². The Morgan fingerprint density at radius 2 is 2.04 bits per heavy atom. The largest absolute Gasteiger partial charge is 0.496 e. The van der Waals surface area contributed by atoms with Crippen LogP contribution in [-0.2, 0) is 24.2 Å². The van der Waals surface area contributed by atoms with E-state index in [-0.39, 0.29) is 12.5 Å². The van der Waals surface area contributed by atoms with Crippen LogP contribution in [0, 0.1) is 0 Å². The summed E-state index contributed by atoms with van der Waals surface area (Å²) in [6.07, 6.45) is 4.53. The van der Waals surface area contributed by atoms with Crippen LogP contribution in [0.2, 0.25) is 0 Å². The fourth-order valence-corrected chi connectivity index (χ4v) is 3.61. The summed E-state index contributed by atoms with van der Waals surface area (Å²) in [7, 11) is 5.84. The molecule has 26 heavy (non-hydrogen) atoms. The molecular weight excluding hydrogens is 334 g/mol. The van der Waals surface area contributed by atoms with E-state index in [9.17, 15) is 4.79 Å². The van der Waals surface area contributed by atoms with Crippen molar-refractivity contribution < 1.29 is 19.4 Å². The standard InChI is InChI=1S/C18H27N3O2.CH2O2/c1-20(2)16-7-8-21(12-16)18(22)19-11-15-9-13-5-4-6-14(13)10-17(15)23-3;2-1-3/h9-10,16H,4-8,11-12H2,1-3H3,(H,19,22);1H,(H,2,3). The third-order valence-corrected chi connectivity index (χ3v) is 5.11. The van der Waals surface area contributed by atoms with E-state index in [2.05, 4.69) is 36.4 Å². The van der Waals surface area contributed by atoms with Gasteiger partial charge >= 0.3 is 6.03 Å². The van der Waals surface area contributed by atoms with Crippen LogP contribution in [0.25, 0.3) is 0 Å². The number of benzene rings is 1. The lowest BCUT2D eigenvalue weighted by Crippen LogP contribution is -2.40. The molecule has 1 saturated heterocycles. The maximum atomic E-state index is 12.4. The number of hydrogen-bond acceptors (Lipinski definition) is 4. The molecule has 7 nitrogen and oxygen atoms in total. The van der Waals surface area contributed by atoms with Gasteiger partial charge in [-0.15, -0.1) is 0 Å². The maximum Gasteiger partial charge on any atom is 0.317 e. The van der Waals surface area contributed by atoms with Gasteiger partial charge in [0.2, 0.25) is 0 Å². The summed E-state index contributed by atoms with van der Waals surface area (Å²) >= 11 is 0. The average molecular weight is 363 g/mol. The Bertz CT molecular complexity index is 633. The second kappa shape index (κ2) is 9.43. The molecule has 1 aliphatic heterocycles. The summed E-state index contributed by atoms with van der Waals surface area (Å²) in [4.78, 5) is 24.8. The number of carboxylic acid groups (broad SMARTS) is 1. The van der Waals surface area contributed by atoms with Gasteiger partial charge in [-0.1, -0.05) is 6.07 Å². The van der Waals surface area contributed by atoms with E-state index in [0.29, 0.717) is 12.6 Å². The number of fused-ring (bicyclic) bond motifs is 1. The van der Waals surface area contributed by atoms with Crippen molar-refractivity contribution in [2.24, 2.45) is 0 Å². The molecule has 1 aromatic carbocycles. The number of likely N-dealkylation sites (N-methyl/N-ethyl adjacent to an activating group) is 1. The molecule has 144 valence electrons. The number of hydrogen-bond donors (Lipinski definition) is 2. The van der Waals surface area contributed by atoms with Crippen LogP contribution in [-0.4, -0.2) is 67.7 Å². The highest BCUT2D eigenvalue weighted by atomic mass is 16.5. The van der Waals surface area contributed by atoms with Crippen molar-refractivity contribution in [1.82, 2.24) is 15.1 Å². The van der Waals surface area contributed by atoms with Crippen LogP contribution < -0.4 is 10.1 Å². The van der Waals surface area contributed by atoms with Crippen molar-refractivity contribution in [3.63, 3.8) is 0 Å². The van der Waals surface area contributed by atoms with Gasteiger partial charge < -0.3 is 25.0 Å². The van der Waals surface area contributed by atoms with Gasteiger partial charge in [-0.25, -0.2) is 4.79 Å². The third kappa shape index (κ3) is 4.88. The lowest BCUT2D eigenvalue weighted by molar-refractivity contribution is -0.122. The van der Waals surface area contributed by atoms with Crippen LogP contribution >= 0.6 is 0 Å². The molecule has 0 saturated carbocycles. The molecule has 0 spiro atoms. The molecule has 1 aliphatic carbocycles. The molecule has 0 bridgehead atoms. The van der Waals surface area contributed by atoms with Crippen molar-refractivity contribution in [2.75, 3.05) is 34.3 Å². The molecule has 3 rings (SSSR count). The zero-order valence-electron chi connectivity index (χ0n) is 15.8. The van der Waals surface area contributed by atoms with E-state index >= 15 is 0 Å². The van der Waals surface area contributed by atoms with E-state index in [4.69, 9.17) is 14.6 Å². The first-order chi connectivity index (χ1) is 12.5. The van der Waals surface area contributed by atoms with Crippen molar-refractivity contribution in [2.45, 2.75) is 38.3 Å². The number of ether oxygens (including phenoxy) is 1. The van der Waals surface area contributed by atoms with E-state index in [1.165, 1.54) is 17.5 Å². The van der Waals surface area contributed by atoms with Gasteiger partial charge in [0, 0.05) is 31.2 Å². The number of methoxy groups -OCH3 is 1. The summed E-state index contributed by atoms with van der Waals surface area (Å²) in [6, 6.07) is 4.84. The number of rotatable bonds is 4. The average Bonchev–Trinajstić information content (AvgIpc) is 3.28. The smallest absolute Gasteiger partial charge is 0.317 e. The van der Waals surface area contributed by atoms with Gasteiger partial charge in [0.05, 0.1) is 7.11 Å². The number of carbonyl (C=O) groups is 2. The summed E-state index contributed by atoms with van der Waals surface area (Å²) < 4.78 is 5.51. The first kappa shape index (κ1) is 20.0. The number of likely N-dealkylation sites (tertiary alicyclic amines) is 1. The number of nitrogens with zero attached hydrogens (tertiary/aromatic N) is 2. The number of carbonyl (C=O) groups excluding carboxylic acids is 1. The number of nitrogens with one attached hydrogen (secondary N) is 1. The second-order valence-corrected chi connectivity index (χ2v) is 6.90. The molecule has 0 aromatic heterocycles. The van der Waals surface area contributed by atoms with Crippen LogP contribution in [0.1, 0.15) is 29.5 Å². The molecule has 1 atom stereocenters. The first-order valence-electron chi connectivity index (χ1n) is 8.95. The molecule has 1 fully saturated rings. The van der Waals surface area contributed by atoms with E-state index in [1.54, 1.807) is 7.11 Å². The molecule has 1 aromatic rings. The molecule has 7 heteroatoms. The Morgan fingerprint density at radius 3 is 2.62 bits per heavy atom. The third-order valence-electron chi connectivity index (χ3n) is 5.11. The number of aryl methyl sites for hydroxylation is 2. The van der Waals surface area contributed by atoms with Gasteiger partial charge in [-0.3, -0.25) is 4.79 Å². The monoisotopic (exact) mass is 363 g/mol. The molecular formula is C19H29N3O4. The molecule has 0 radical (unpaired) electrons. The molecule has 1 unspecified atom stereocenters. The van der Waals surface area contributed by atoms with Crippen LogP contribution in [0.4, 0.5) is 4.79 Å². The topological polar surface area (TPSA) is 82.1 Å². The molecule has 1 heterocycles. The van der Waals surface area contributed by atoms with Gasteiger partial charge in [0.25, 0.3) is 6.47 Å². The van der Waals surface area contributed by atoms with E-state index < -0.39 is 0 Å². The zero-order chi connectivity index (χ0) is 19.1. The lowest BCUT2D eigenvalue weighted by Gasteiger charge is -2.21. The predicted molar refractivity (Wildman–Crippen MR) is 99.6 cm³/mol. The fourth-order valence-electron chi connectivity index (χ4n) is 3.61. The van der Waals surface area contributed by atoms with Gasteiger partial charge in [0.15, 0.2) is 0 Å². The maximum absolute atomic E-state index is 12.4. The Kier molecular flexibility index (Phi) is 7.26.